The van der Waals surface area contributed by atoms with Gasteiger partial charge in [0.15, 0.2) is 0 Å². The molecule has 0 spiro atoms. The van der Waals surface area contributed by atoms with Crippen LogP contribution in [0.5, 0.6) is 0 Å². The van der Waals surface area contributed by atoms with Gasteiger partial charge in [-0.15, -0.1) is 0 Å². The molecule has 0 unspecified atom stereocenters. The van der Waals surface area contributed by atoms with Gasteiger partial charge in [0.25, 0.3) is 0 Å². The normalized spacial score (nSPS) is 11.5. The van der Waals surface area contributed by atoms with Crippen LogP contribution in [0.4, 0.5) is 5.69 Å². The summed E-state index contributed by atoms with van der Waals surface area (Å²) in [5.41, 5.74) is 10.6. The minimum Gasteiger partial charge on any atom is -0.467 e. The fourth-order valence-corrected chi connectivity index (χ4v) is 7.57. The molecule has 10 rings (SSSR count). The van der Waals surface area contributed by atoms with E-state index in [1.54, 1.807) is 6.26 Å². The first-order chi connectivity index (χ1) is 24.7. The van der Waals surface area contributed by atoms with E-state index in [2.05, 4.69) is 178 Å². The van der Waals surface area contributed by atoms with Crippen molar-refractivity contribution in [1.82, 2.24) is 13.7 Å². The van der Waals surface area contributed by atoms with Crippen LogP contribution in [0.3, 0.4) is 0 Å². The van der Waals surface area contributed by atoms with E-state index in [1.165, 1.54) is 65.8 Å². The highest BCUT2D eigenvalue weighted by molar-refractivity contribution is 6.17. The topological polar surface area (TPSA) is 40.3 Å². The summed E-state index contributed by atoms with van der Waals surface area (Å²) in [6, 6.07) is 53.2. The summed E-state index contributed by atoms with van der Waals surface area (Å²) in [5.74, 6) is 0.836. The van der Waals surface area contributed by atoms with Gasteiger partial charge >= 0.3 is 0 Å². The summed E-state index contributed by atoms with van der Waals surface area (Å²) in [6.45, 7) is 3.65. The SMILES string of the molecule is C=Nc1ccoc1Cc1cccc2c3ccccc3n(-c3ccccc3)c12.Cn1c2ccccc2c2ccc3c(ccn3-c3ccccc3)c21. The maximum Gasteiger partial charge on any atom is 0.133 e. The lowest BCUT2D eigenvalue weighted by Gasteiger charge is -2.11. The molecule has 6 aromatic carbocycles. The fourth-order valence-electron chi connectivity index (χ4n) is 7.57. The van der Waals surface area contributed by atoms with Crippen molar-refractivity contribution in [2.45, 2.75) is 6.42 Å². The van der Waals surface area contributed by atoms with Gasteiger partial charge in [-0.3, -0.25) is 4.99 Å². The molecule has 4 aromatic heterocycles. The van der Waals surface area contributed by atoms with Gasteiger partial charge in [0.05, 0.1) is 28.3 Å². The highest BCUT2D eigenvalue weighted by Crippen LogP contribution is 2.37. The van der Waals surface area contributed by atoms with Crippen molar-refractivity contribution in [1.29, 1.82) is 0 Å². The summed E-state index contributed by atoms with van der Waals surface area (Å²) in [6.07, 6.45) is 4.51. The van der Waals surface area contributed by atoms with Gasteiger partial charge in [0, 0.05) is 69.6 Å². The van der Waals surface area contributed by atoms with Gasteiger partial charge in [-0.25, -0.2) is 0 Å². The van der Waals surface area contributed by atoms with Crippen molar-refractivity contribution in [2.24, 2.45) is 12.0 Å². The number of hydrogen-bond donors (Lipinski definition) is 0. The number of nitrogens with zero attached hydrogens (tertiary/aromatic N) is 4. The van der Waals surface area contributed by atoms with Gasteiger partial charge in [-0.2, -0.15) is 0 Å². The Morgan fingerprint density at radius 3 is 1.94 bits per heavy atom. The molecule has 0 saturated heterocycles. The lowest BCUT2D eigenvalue weighted by molar-refractivity contribution is 0.522. The number of hydrogen-bond acceptors (Lipinski definition) is 2. The molecule has 0 aliphatic carbocycles. The number of benzene rings is 6. The van der Waals surface area contributed by atoms with Crippen molar-refractivity contribution in [3.8, 4) is 11.4 Å². The van der Waals surface area contributed by atoms with Gasteiger partial charge in [-0.1, -0.05) is 97.1 Å². The third-order valence-electron chi connectivity index (χ3n) is 9.81. The van der Waals surface area contributed by atoms with Crippen molar-refractivity contribution < 1.29 is 4.42 Å². The minimum atomic E-state index is 0.669. The Kier molecular flexibility index (Phi) is 7.17. The highest BCUT2D eigenvalue weighted by Gasteiger charge is 2.17. The predicted octanol–water partition coefficient (Wildman–Crippen LogP) is 11.6. The Labute approximate surface area is 289 Å². The Hall–Kier alpha value is -6.59. The third-order valence-corrected chi connectivity index (χ3v) is 9.81. The van der Waals surface area contributed by atoms with E-state index in [4.69, 9.17) is 4.42 Å². The monoisotopic (exact) mass is 646 g/mol. The zero-order chi connectivity index (χ0) is 33.6. The largest absolute Gasteiger partial charge is 0.467 e. The van der Waals surface area contributed by atoms with Crippen LogP contribution < -0.4 is 0 Å². The first kappa shape index (κ1) is 29.5. The predicted molar refractivity (Wildman–Crippen MR) is 209 cm³/mol. The molecule has 0 aliphatic rings. The summed E-state index contributed by atoms with van der Waals surface area (Å²) in [4.78, 5) is 4.08. The third kappa shape index (κ3) is 4.74. The van der Waals surface area contributed by atoms with Gasteiger partial charge < -0.3 is 18.1 Å². The molecule has 5 heteroatoms. The first-order valence-corrected chi connectivity index (χ1v) is 16.8. The smallest absolute Gasteiger partial charge is 0.133 e. The number of furan rings is 1. The van der Waals surface area contributed by atoms with Crippen LogP contribution in [-0.2, 0) is 13.5 Å². The number of fused-ring (bicyclic) bond motifs is 8. The van der Waals surface area contributed by atoms with Crippen LogP contribution in [0, 0.1) is 0 Å². The van der Waals surface area contributed by atoms with E-state index in [-0.39, 0.29) is 0 Å². The van der Waals surface area contributed by atoms with Crippen LogP contribution in [0.2, 0.25) is 0 Å². The zero-order valence-corrected chi connectivity index (χ0v) is 27.7. The minimum absolute atomic E-state index is 0.669. The number of rotatable bonds is 5. The summed E-state index contributed by atoms with van der Waals surface area (Å²) >= 11 is 0. The van der Waals surface area contributed by atoms with E-state index in [0.29, 0.717) is 6.42 Å². The van der Waals surface area contributed by atoms with Crippen molar-refractivity contribution in [2.75, 3.05) is 0 Å². The van der Waals surface area contributed by atoms with E-state index >= 15 is 0 Å². The molecule has 0 fully saturated rings. The van der Waals surface area contributed by atoms with Gasteiger partial charge in [0.2, 0.25) is 0 Å². The second kappa shape index (κ2) is 12.1. The van der Waals surface area contributed by atoms with Crippen LogP contribution >= 0.6 is 0 Å². The van der Waals surface area contributed by atoms with Crippen LogP contribution in [-0.4, -0.2) is 20.4 Å². The Bertz CT molecular complexity index is 2810. The van der Waals surface area contributed by atoms with Crippen LogP contribution in [0.1, 0.15) is 11.3 Å². The zero-order valence-electron chi connectivity index (χ0n) is 27.7. The molecular weight excluding hydrogens is 613 g/mol. The lowest BCUT2D eigenvalue weighted by atomic mass is 10.0. The van der Waals surface area contributed by atoms with E-state index in [1.807, 2.05) is 12.1 Å². The molecule has 50 heavy (non-hydrogen) atoms. The molecule has 0 radical (unpaired) electrons. The molecule has 0 N–H and O–H groups in total. The van der Waals surface area contributed by atoms with Crippen LogP contribution in [0.15, 0.2) is 174 Å². The maximum atomic E-state index is 5.69. The van der Waals surface area contributed by atoms with Crippen molar-refractivity contribution in [3.05, 3.63) is 175 Å². The van der Waals surface area contributed by atoms with E-state index in [9.17, 15) is 0 Å². The molecule has 0 bridgehead atoms. The summed E-state index contributed by atoms with van der Waals surface area (Å²) in [5, 5.41) is 6.43. The Balaban J connectivity index is 0.000000136. The number of para-hydroxylation sites is 5. The number of aliphatic imine (C=N–C) groups is 1. The van der Waals surface area contributed by atoms with E-state index < -0.39 is 0 Å². The number of aromatic nitrogens is 3. The maximum absolute atomic E-state index is 5.69. The Morgan fingerprint density at radius 1 is 0.540 bits per heavy atom. The molecule has 4 heterocycles. The molecule has 0 aliphatic heterocycles. The van der Waals surface area contributed by atoms with Crippen molar-refractivity contribution >= 4 is 66.9 Å². The van der Waals surface area contributed by atoms with E-state index in [0.717, 1.165) is 17.1 Å². The Morgan fingerprint density at radius 2 is 1.18 bits per heavy atom. The first-order valence-electron chi connectivity index (χ1n) is 16.8. The molecule has 240 valence electrons. The molecule has 0 amide bonds. The van der Waals surface area contributed by atoms with Crippen molar-refractivity contribution in [3.63, 3.8) is 0 Å². The quantitative estimate of drug-likeness (QED) is 0.172. The fraction of sp³-hybridized carbons (Fsp3) is 0.0444. The molecule has 10 aromatic rings. The second-order valence-electron chi connectivity index (χ2n) is 12.6. The molecule has 5 nitrogen and oxygen atoms in total. The van der Waals surface area contributed by atoms with Gasteiger partial charge in [-0.05, 0) is 60.8 Å². The average Bonchev–Trinajstić information content (AvgIpc) is 3.96. The van der Waals surface area contributed by atoms with Crippen LogP contribution in [0.25, 0.3) is 65.9 Å². The van der Waals surface area contributed by atoms with Gasteiger partial charge in [0.1, 0.15) is 11.4 Å². The number of aryl methyl sites for hydroxylation is 1. The lowest BCUT2D eigenvalue weighted by Crippen LogP contribution is -1.97. The standard InChI is InChI=1S/C24H18N2O.C21H16N2/c1-25-21-14-15-27-23(21)16-17-8-7-12-20-19-11-5-6-13-22(19)26(24(17)20)18-9-3-2-4-10-18;1-22-19-10-6-5-9-16(19)17-11-12-20-18(21(17)22)13-14-23(20)15-7-3-2-4-8-15/h2-15H,1,16H2;2-14H,1H3. The summed E-state index contributed by atoms with van der Waals surface area (Å²) < 4.78 is 12.6. The summed E-state index contributed by atoms with van der Waals surface area (Å²) in [7, 11) is 2.16. The molecule has 0 saturated carbocycles. The second-order valence-corrected chi connectivity index (χ2v) is 12.6. The molecule has 0 atom stereocenters. The molecular formula is C45H34N4O. The highest BCUT2D eigenvalue weighted by atomic mass is 16.3. The average molecular weight is 647 g/mol.